The molecular formula is C35H31LiN4O10S2. The molecular weight excluding hydrogens is 707 g/mol. The minimum atomic E-state index is -1.35. The number of aromatic carboxylic acids is 1. The van der Waals surface area contributed by atoms with E-state index in [0.29, 0.717) is 31.8 Å². The molecule has 52 heavy (non-hydrogen) atoms. The fourth-order valence-electron chi connectivity index (χ4n) is 5.41. The van der Waals surface area contributed by atoms with Gasteiger partial charge in [0.1, 0.15) is 5.56 Å². The summed E-state index contributed by atoms with van der Waals surface area (Å²) in [5.41, 5.74) is 2.08. The van der Waals surface area contributed by atoms with Gasteiger partial charge in [-0.25, -0.2) is 4.79 Å². The molecule has 6 aromatic rings. The SMILES string of the molecule is CC(=O)Nc1cccc(Cn2c(=O)c(O)c(C(=O)O)c3sccc32)c1.CC(=O)Nc1cccc(Cn2c(=O)c(O)c(C(C)=O)c3sccc32)c1.[Li+].[OH-]. The van der Waals surface area contributed by atoms with Crippen LogP contribution in [0.15, 0.2) is 81.0 Å². The molecule has 0 unspecified atom stereocenters. The normalized spacial score (nSPS) is 10.4. The predicted molar refractivity (Wildman–Crippen MR) is 194 cm³/mol. The van der Waals surface area contributed by atoms with Gasteiger partial charge in [-0.3, -0.25) is 33.1 Å². The van der Waals surface area contributed by atoms with E-state index in [4.69, 9.17) is 0 Å². The number of benzene rings is 2. The summed E-state index contributed by atoms with van der Waals surface area (Å²) < 4.78 is 3.67. The Hall–Kier alpha value is -5.50. The van der Waals surface area contributed by atoms with Gasteiger partial charge in [-0.05, 0) is 65.2 Å². The number of nitrogens with one attached hydrogen (secondary N) is 2. The first-order valence-corrected chi connectivity index (χ1v) is 16.7. The molecule has 17 heteroatoms. The number of carboxylic acids is 1. The molecule has 0 radical (unpaired) electrons. The molecule has 14 nitrogen and oxygen atoms in total. The summed E-state index contributed by atoms with van der Waals surface area (Å²) in [7, 11) is 0. The van der Waals surface area contributed by atoms with Gasteiger partial charge in [-0.15, -0.1) is 22.7 Å². The Morgan fingerprint density at radius 3 is 1.46 bits per heavy atom. The molecule has 264 valence electrons. The van der Waals surface area contributed by atoms with Crippen molar-refractivity contribution in [3.05, 3.63) is 114 Å². The summed E-state index contributed by atoms with van der Waals surface area (Å²) in [6.45, 7) is 4.49. The second-order valence-corrected chi connectivity index (χ2v) is 13.0. The average Bonchev–Trinajstić information content (AvgIpc) is 3.72. The van der Waals surface area contributed by atoms with Crippen LogP contribution < -0.4 is 40.6 Å². The molecule has 0 spiro atoms. The number of aromatic hydroxyl groups is 2. The molecule has 0 atom stereocenters. The van der Waals surface area contributed by atoms with E-state index in [9.17, 15) is 44.1 Å². The fourth-order valence-corrected chi connectivity index (χ4v) is 7.34. The van der Waals surface area contributed by atoms with E-state index in [1.54, 1.807) is 65.4 Å². The molecule has 0 fully saturated rings. The largest absolute Gasteiger partial charge is 1.00 e. The minimum absolute atomic E-state index is 0. The molecule has 6 rings (SSSR count). The van der Waals surface area contributed by atoms with E-state index in [-0.39, 0.29) is 66.2 Å². The van der Waals surface area contributed by atoms with Crippen molar-refractivity contribution in [1.82, 2.24) is 9.13 Å². The van der Waals surface area contributed by atoms with E-state index in [0.717, 1.165) is 22.5 Å². The Bertz CT molecular complexity index is 2280. The number of ketones is 1. The van der Waals surface area contributed by atoms with Gasteiger partial charge in [0.25, 0.3) is 11.1 Å². The zero-order chi connectivity index (χ0) is 36.3. The first kappa shape index (κ1) is 40.9. The van der Waals surface area contributed by atoms with Crippen molar-refractivity contribution in [2.75, 3.05) is 10.6 Å². The van der Waals surface area contributed by atoms with Gasteiger partial charge in [-0.2, -0.15) is 0 Å². The second-order valence-electron chi connectivity index (χ2n) is 11.1. The number of aromatic nitrogens is 2. The van der Waals surface area contributed by atoms with E-state index < -0.39 is 28.6 Å². The van der Waals surface area contributed by atoms with Crippen molar-refractivity contribution in [2.24, 2.45) is 0 Å². The first-order valence-electron chi connectivity index (χ1n) is 14.9. The Morgan fingerprint density at radius 1 is 0.673 bits per heavy atom. The first-order chi connectivity index (χ1) is 23.8. The summed E-state index contributed by atoms with van der Waals surface area (Å²) >= 11 is 2.45. The molecule has 0 aliphatic rings. The third kappa shape index (κ3) is 8.68. The molecule has 2 amide bonds. The van der Waals surface area contributed by atoms with E-state index in [2.05, 4.69) is 10.6 Å². The van der Waals surface area contributed by atoms with Gasteiger partial charge in [0.15, 0.2) is 17.3 Å². The summed E-state index contributed by atoms with van der Waals surface area (Å²) in [4.78, 5) is 70.6. The smallest absolute Gasteiger partial charge is 0.870 e. The maximum absolute atomic E-state index is 12.6. The molecule has 0 bridgehead atoms. The minimum Gasteiger partial charge on any atom is -0.870 e. The van der Waals surface area contributed by atoms with Crippen molar-refractivity contribution < 1.29 is 58.8 Å². The van der Waals surface area contributed by atoms with Gasteiger partial charge in [0.05, 0.1) is 39.1 Å². The third-order valence-electron chi connectivity index (χ3n) is 7.44. The number of Topliss-reactive ketones (excluding diaryl/α,β-unsaturated/α-hetero) is 1. The summed E-state index contributed by atoms with van der Waals surface area (Å²) in [5, 5.41) is 38.3. The number of anilines is 2. The summed E-state index contributed by atoms with van der Waals surface area (Å²) in [6, 6.07) is 17.5. The van der Waals surface area contributed by atoms with Crippen molar-refractivity contribution in [3.63, 3.8) is 0 Å². The van der Waals surface area contributed by atoms with Gasteiger partial charge in [-0.1, -0.05) is 24.3 Å². The van der Waals surface area contributed by atoms with Crippen LogP contribution in [0, 0.1) is 0 Å². The van der Waals surface area contributed by atoms with Crippen LogP contribution in [0.2, 0.25) is 0 Å². The predicted octanol–water partition coefficient (Wildman–Crippen LogP) is 2.28. The van der Waals surface area contributed by atoms with Crippen molar-refractivity contribution >= 4 is 78.0 Å². The molecule has 4 aromatic heterocycles. The summed E-state index contributed by atoms with van der Waals surface area (Å²) in [5.74, 6) is -3.39. The standard InChI is InChI=1S/C18H16N2O4S.C17H14N2O5S.Li.H2O/c1-10(21)15-16(23)18(24)20(14-6-7-25-17(14)15)9-12-4-3-5-13(8-12)19-11(2)22;1-9(20)18-11-4-2-3-10(7-11)8-19-12-5-6-25-15(12)13(17(23)24)14(21)16(19)22;;/h3-8,23H,9H2,1-2H3,(H,19,22);2-7,21H,8H2,1H3,(H,18,20)(H,23,24);;1H2/q;;+1;/p-1. The number of rotatable bonds is 8. The van der Waals surface area contributed by atoms with Crippen molar-refractivity contribution in [2.45, 2.75) is 33.9 Å². The third-order valence-corrected chi connectivity index (χ3v) is 9.28. The second kappa shape index (κ2) is 17.1. The van der Waals surface area contributed by atoms with Crippen LogP contribution in [-0.4, -0.2) is 53.5 Å². The Kier molecular flexibility index (Phi) is 13.5. The van der Waals surface area contributed by atoms with E-state index >= 15 is 0 Å². The number of fused-ring (bicyclic) bond motifs is 2. The fraction of sp³-hybridized carbons (Fsp3) is 0.143. The zero-order valence-electron chi connectivity index (χ0n) is 28.3. The van der Waals surface area contributed by atoms with Crippen LogP contribution in [-0.2, 0) is 22.7 Å². The van der Waals surface area contributed by atoms with Crippen LogP contribution >= 0.6 is 22.7 Å². The number of hydrogen-bond donors (Lipinski definition) is 5. The molecule has 0 saturated carbocycles. The monoisotopic (exact) mass is 738 g/mol. The maximum atomic E-state index is 12.6. The van der Waals surface area contributed by atoms with Gasteiger partial charge >= 0.3 is 24.8 Å². The average molecular weight is 739 g/mol. The van der Waals surface area contributed by atoms with Gasteiger partial charge in [0.2, 0.25) is 11.8 Å². The zero-order valence-corrected chi connectivity index (χ0v) is 29.9. The number of carboxylic acid groups (broad SMARTS) is 1. The van der Waals surface area contributed by atoms with Gasteiger partial charge < -0.3 is 31.4 Å². The molecule has 2 aromatic carbocycles. The number of carbonyl (C=O) groups is 4. The Labute approximate surface area is 315 Å². The van der Waals surface area contributed by atoms with E-state index in [1.807, 2.05) is 6.07 Å². The Morgan fingerprint density at radius 2 is 1.08 bits per heavy atom. The van der Waals surface area contributed by atoms with Crippen molar-refractivity contribution in [1.29, 1.82) is 0 Å². The number of pyridine rings is 2. The summed E-state index contributed by atoms with van der Waals surface area (Å²) in [6.07, 6.45) is 0. The van der Waals surface area contributed by atoms with Gasteiger partial charge in [0, 0.05) is 25.2 Å². The number of thiophene rings is 2. The molecule has 0 saturated heterocycles. The maximum Gasteiger partial charge on any atom is 1.00 e. The van der Waals surface area contributed by atoms with E-state index in [1.165, 1.54) is 41.2 Å². The Balaban J connectivity index is 0.000000270. The van der Waals surface area contributed by atoms with Crippen LogP contribution in [0.25, 0.3) is 20.4 Å². The molecule has 0 aliphatic carbocycles. The van der Waals surface area contributed by atoms with Crippen LogP contribution in [0.5, 0.6) is 11.5 Å². The number of carbonyl (C=O) groups excluding carboxylic acids is 3. The number of amides is 2. The quantitative estimate of drug-likeness (QED) is 0.113. The topological polar surface area (TPSA) is 227 Å². The van der Waals surface area contributed by atoms with Crippen LogP contribution in [0.1, 0.15) is 52.6 Å². The molecule has 0 aliphatic heterocycles. The number of nitrogens with zero attached hydrogens (tertiary/aromatic N) is 2. The number of hydrogen-bond acceptors (Lipinski definition) is 11. The van der Waals surface area contributed by atoms with Crippen molar-refractivity contribution in [3.8, 4) is 11.5 Å². The van der Waals surface area contributed by atoms with Crippen LogP contribution in [0.3, 0.4) is 0 Å². The molecule has 4 heterocycles. The van der Waals surface area contributed by atoms with Crippen LogP contribution in [0.4, 0.5) is 11.4 Å². The molecule has 6 N–H and O–H groups in total.